The Morgan fingerprint density at radius 1 is 1.00 bits per heavy atom. The van der Waals surface area contributed by atoms with Crippen LogP contribution in [0.4, 0.5) is 0 Å². The lowest BCUT2D eigenvalue weighted by Gasteiger charge is -2.25. The molecule has 1 aromatic rings. The van der Waals surface area contributed by atoms with E-state index in [0.29, 0.717) is 12.8 Å². The molecular weight excluding hydrogens is 416 g/mol. The Morgan fingerprint density at radius 2 is 1.59 bits per heavy atom. The van der Waals surface area contributed by atoms with E-state index in [1.807, 2.05) is 44.2 Å². The van der Waals surface area contributed by atoms with Crippen molar-refractivity contribution in [1.29, 1.82) is 0 Å². The fourth-order valence-corrected chi connectivity index (χ4v) is 3.09. The maximum atomic E-state index is 13.0. The van der Waals surface area contributed by atoms with Crippen molar-refractivity contribution in [3.63, 3.8) is 0 Å². The summed E-state index contributed by atoms with van der Waals surface area (Å²) in [5, 5.41) is 7.59. The number of rotatable bonds is 14. The van der Waals surface area contributed by atoms with E-state index in [1.165, 1.54) is 7.11 Å². The van der Waals surface area contributed by atoms with Crippen LogP contribution in [0.25, 0.3) is 0 Å². The van der Waals surface area contributed by atoms with E-state index in [0.717, 1.165) is 5.56 Å². The fraction of sp³-hybridized carbons (Fsp3) is 0.500. The molecule has 0 saturated heterocycles. The first-order valence-corrected chi connectivity index (χ1v) is 10.4. The number of carbonyl (C=O) groups is 5. The van der Waals surface area contributed by atoms with Crippen LogP contribution in [0.2, 0.25) is 0 Å². The van der Waals surface area contributed by atoms with Gasteiger partial charge < -0.3 is 26.4 Å². The molecule has 10 heteroatoms. The molecule has 0 aliphatic heterocycles. The van der Waals surface area contributed by atoms with Crippen molar-refractivity contribution in [1.82, 2.24) is 16.0 Å². The lowest BCUT2D eigenvalue weighted by Crippen LogP contribution is -2.56. The minimum atomic E-state index is -1.02. The maximum Gasteiger partial charge on any atom is 0.328 e. The fourth-order valence-electron chi connectivity index (χ4n) is 3.09. The lowest BCUT2D eigenvalue weighted by atomic mass is 10.0. The van der Waals surface area contributed by atoms with Crippen molar-refractivity contribution in [2.75, 3.05) is 7.11 Å². The van der Waals surface area contributed by atoms with E-state index in [4.69, 9.17) is 10.5 Å². The molecule has 0 aliphatic carbocycles. The molecule has 0 unspecified atom stereocenters. The minimum Gasteiger partial charge on any atom is -0.467 e. The highest BCUT2D eigenvalue weighted by molar-refractivity contribution is 5.92. The van der Waals surface area contributed by atoms with Crippen LogP contribution in [0.1, 0.15) is 38.7 Å². The van der Waals surface area contributed by atoms with Crippen LogP contribution in [-0.2, 0) is 35.1 Å². The van der Waals surface area contributed by atoms with Crippen LogP contribution < -0.4 is 21.7 Å². The molecule has 0 radical (unpaired) electrons. The molecule has 0 heterocycles. The van der Waals surface area contributed by atoms with Gasteiger partial charge in [0.05, 0.1) is 7.11 Å². The molecule has 0 saturated carbocycles. The van der Waals surface area contributed by atoms with Gasteiger partial charge in [-0.3, -0.25) is 19.2 Å². The molecule has 5 N–H and O–H groups in total. The average molecular weight is 449 g/mol. The number of esters is 1. The van der Waals surface area contributed by atoms with Crippen LogP contribution in [0.3, 0.4) is 0 Å². The van der Waals surface area contributed by atoms with Crippen molar-refractivity contribution in [3.8, 4) is 0 Å². The van der Waals surface area contributed by atoms with Crippen LogP contribution in [-0.4, -0.2) is 55.3 Å². The number of hydrogen-bond donors (Lipinski definition) is 4. The van der Waals surface area contributed by atoms with Crippen molar-refractivity contribution >= 4 is 30.1 Å². The summed E-state index contributed by atoms with van der Waals surface area (Å²) in [5.41, 5.74) is 5.95. The van der Waals surface area contributed by atoms with Gasteiger partial charge in [-0.25, -0.2) is 4.79 Å². The minimum absolute atomic E-state index is 0.00524. The van der Waals surface area contributed by atoms with Crippen LogP contribution in [0, 0.1) is 5.92 Å². The van der Waals surface area contributed by atoms with Crippen molar-refractivity contribution in [3.05, 3.63) is 35.9 Å². The molecule has 0 aromatic heterocycles. The van der Waals surface area contributed by atoms with E-state index < -0.39 is 41.8 Å². The Balaban J connectivity index is 2.95. The molecular formula is C22H32N4O6. The number of benzene rings is 1. The van der Waals surface area contributed by atoms with Crippen molar-refractivity contribution < 1.29 is 28.7 Å². The van der Waals surface area contributed by atoms with E-state index in [-0.39, 0.29) is 25.2 Å². The molecule has 0 aliphatic rings. The second-order valence-electron chi connectivity index (χ2n) is 7.81. The molecule has 176 valence electrons. The summed E-state index contributed by atoms with van der Waals surface area (Å²) in [6, 6.07) is 6.19. The quantitative estimate of drug-likeness (QED) is 0.228. The van der Waals surface area contributed by atoms with Crippen molar-refractivity contribution in [2.45, 2.75) is 57.7 Å². The lowest BCUT2D eigenvalue weighted by molar-refractivity contribution is -0.145. The number of ether oxygens (including phenoxy) is 1. The molecule has 1 aromatic carbocycles. The zero-order valence-electron chi connectivity index (χ0n) is 18.6. The average Bonchev–Trinajstić information content (AvgIpc) is 2.75. The van der Waals surface area contributed by atoms with E-state index in [1.54, 1.807) is 0 Å². The summed E-state index contributed by atoms with van der Waals surface area (Å²) in [6.07, 6.45) is 0.738. The Bertz CT molecular complexity index is 784. The SMILES string of the molecule is COC(=O)[C@H](Cc1ccccc1)NC(=O)[C@H](CC(C)C)NC(=O)[C@H](CCC(N)=O)NC=O. The predicted octanol–water partition coefficient (Wildman–Crippen LogP) is -0.202. The molecule has 32 heavy (non-hydrogen) atoms. The second-order valence-corrected chi connectivity index (χ2v) is 7.81. The first-order chi connectivity index (χ1) is 15.2. The van der Waals surface area contributed by atoms with Gasteiger partial charge in [-0.15, -0.1) is 0 Å². The van der Waals surface area contributed by atoms with Gasteiger partial charge in [0.25, 0.3) is 0 Å². The third-order valence-electron chi connectivity index (χ3n) is 4.69. The number of nitrogens with two attached hydrogens (primary N) is 1. The topological polar surface area (TPSA) is 157 Å². The van der Waals surface area contributed by atoms with Crippen LogP contribution in [0.5, 0.6) is 0 Å². The molecule has 0 fully saturated rings. The van der Waals surface area contributed by atoms with Gasteiger partial charge in [-0.05, 0) is 24.3 Å². The summed E-state index contributed by atoms with van der Waals surface area (Å²) in [4.78, 5) is 59.8. The van der Waals surface area contributed by atoms with Gasteiger partial charge in [0.15, 0.2) is 0 Å². The van der Waals surface area contributed by atoms with Crippen LogP contribution in [0.15, 0.2) is 30.3 Å². The molecule has 0 bridgehead atoms. The van der Waals surface area contributed by atoms with Gasteiger partial charge in [-0.1, -0.05) is 44.2 Å². The largest absolute Gasteiger partial charge is 0.467 e. The highest BCUT2D eigenvalue weighted by atomic mass is 16.5. The smallest absolute Gasteiger partial charge is 0.328 e. The second kappa shape index (κ2) is 13.8. The van der Waals surface area contributed by atoms with Gasteiger partial charge in [-0.2, -0.15) is 0 Å². The zero-order valence-corrected chi connectivity index (χ0v) is 18.6. The first kappa shape index (κ1) is 26.6. The van der Waals surface area contributed by atoms with E-state index in [9.17, 15) is 24.0 Å². The number of nitrogens with one attached hydrogen (secondary N) is 3. The summed E-state index contributed by atoms with van der Waals surface area (Å²) in [6.45, 7) is 3.75. The Morgan fingerprint density at radius 3 is 2.12 bits per heavy atom. The summed E-state index contributed by atoms with van der Waals surface area (Å²) in [7, 11) is 1.23. The molecule has 1 rings (SSSR count). The molecule has 4 amide bonds. The number of primary amides is 1. The number of hydrogen-bond acceptors (Lipinski definition) is 6. The first-order valence-electron chi connectivity index (χ1n) is 10.4. The molecule has 10 nitrogen and oxygen atoms in total. The highest BCUT2D eigenvalue weighted by Gasteiger charge is 2.30. The summed E-state index contributed by atoms with van der Waals surface area (Å²) < 4.78 is 4.82. The zero-order chi connectivity index (χ0) is 24.1. The van der Waals surface area contributed by atoms with Gasteiger partial charge in [0.2, 0.25) is 24.1 Å². The van der Waals surface area contributed by atoms with Gasteiger partial charge in [0, 0.05) is 12.8 Å². The van der Waals surface area contributed by atoms with E-state index in [2.05, 4.69) is 16.0 Å². The maximum absolute atomic E-state index is 13.0. The molecule has 3 atom stereocenters. The summed E-state index contributed by atoms with van der Waals surface area (Å²) >= 11 is 0. The van der Waals surface area contributed by atoms with Crippen molar-refractivity contribution in [2.24, 2.45) is 11.7 Å². The standard InChI is InChI=1S/C22H32N4O6/c1-14(2)11-17(25-20(29)16(24-13-27)9-10-19(23)28)21(30)26-18(22(31)32-3)12-15-7-5-4-6-8-15/h4-8,13-14,16-18H,9-12H2,1-3H3,(H2,23,28)(H,24,27)(H,25,29)(H,26,30)/t16-,17-,18-/m0/s1. The monoisotopic (exact) mass is 448 g/mol. The van der Waals surface area contributed by atoms with Crippen LogP contribution >= 0.6 is 0 Å². The van der Waals surface area contributed by atoms with Gasteiger partial charge >= 0.3 is 5.97 Å². The predicted molar refractivity (Wildman–Crippen MR) is 117 cm³/mol. The number of carbonyl (C=O) groups excluding carboxylic acids is 5. The van der Waals surface area contributed by atoms with E-state index >= 15 is 0 Å². The van der Waals surface area contributed by atoms with Gasteiger partial charge in [0.1, 0.15) is 18.1 Å². The Labute approximate surface area is 187 Å². The third kappa shape index (κ3) is 9.59. The number of amides is 4. The molecule has 0 spiro atoms. The normalized spacial score (nSPS) is 13.4. The summed E-state index contributed by atoms with van der Waals surface area (Å²) in [5.74, 6) is -2.37. The highest BCUT2D eigenvalue weighted by Crippen LogP contribution is 2.09. The number of methoxy groups -OCH3 is 1. The Kier molecular flexibility index (Phi) is 11.5. The Hall–Kier alpha value is -3.43. The third-order valence-corrected chi connectivity index (χ3v) is 4.69.